The van der Waals surface area contributed by atoms with E-state index in [4.69, 9.17) is 4.74 Å². The van der Waals surface area contributed by atoms with E-state index in [9.17, 15) is 15.3 Å². The molecule has 3 N–H and O–H groups in total. The third-order valence-electron chi connectivity index (χ3n) is 5.60. The van der Waals surface area contributed by atoms with Crippen LogP contribution in [0.3, 0.4) is 0 Å². The Morgan fingerprint density at radius 2 is 1.72 bits per heavy atom. The maximum absolute atomic E-state index is 10.2. The number of ether oxygens (including phenoxy) is 1. The van der Waals surface area contributed by atoms with Gasteiger partial charge in [0.2, 0.25) is 0 Å². The number of pyridine rings is 1. The number of likely N-dealkylation sites (tertiary alicyclic amines) is 1. The van der Waals surface area contributed by atoms with Crippen LogP contribution < -0.4 is 4.74 Å². The minimum absolute atomic E-state index is 0. The number of hydrogen-bond donors (Lipinski definition) is 3. The lowest BCUT2D eigenvalue weighted by Crippen LogP contribution is -2.28. The molecule has 6 nitrogen and oxygen atoms in total. The lowest BCUT2D eigenvalue weighted by molar-refractivity contribution is 0.110. The molecule has 1 aromatic heterocycles. The van der Waals surface area contributed by atoms with Crippen molar-refractivity contribution in [1.29, 1.82) is 0 Å². The van der Waals surface area contributed by atoms with Gasteiger partial charge in [0.25, 0.3) is 0 Å². The number of fused-ring (bicyclic) bond motifs is 1. The Hall–Kier alpha value is -2.15. The van der Waals surface area contributed by atoms with Crippen LogP contribution in [-0.4, -0.2) is 58.1 Å². The largest absolute Gasteiger partial charge is 0.506 e. The van der Waals surface area contributed by atoms with Crippen LogP contribution in [0.15, 0.2) is 42.6 Å². The highest BCUT2D eigenvalue weighted by Gasteiger charge is 2.40. The predicted octanol–water partition coefficient (Wildman–Crippen LogP) is 3.16. The number of aliphatic hydroxyl groups is 2. The van der Waals surface area contributed by atoms with Gasteiger partial charge in [-0.15, -0.1) is 0 Å². The fraction of sp³-hybridized carbons (Fsp3) is 0.522. The number of benzene rings is 1. The minimum Gasteiger partial charge on any atom is -0.506 e. The van der Waals surface area contributed by atoms with Crippen molar-refractivity contribution in [2.24, 2.45) is 11.8 Å². The number of aliphatic hydroxyl groups excluding tert-OH is 2. The molecule has 3 unspecified atom stereocenters. The monoisotopic (exact) mass is 402 g/mol. The van der Waals surface area contributed by atoms with Crippen molar-refractivity contribution in [2.45, 2.75) is 39.4 Å². The first-order chi connectivity index (χ1) is 13.4. The van der Waals surface area contributed by atoms with Crippen LogP contribution in [0, 0.1) is 18.8 Å². The summed E-state index contributed by atoms with van der Waals surface area (Å²) in [4.78, 5) is 6.29. The average molecular weight is 403 g/mol. The highest BCUT2D eigenvalue weighted by Crippen LogP contribution is 2.38. The molecule has 1 saturated heterocycles. The van der Waals surface area contributed by atoms with Gasteiger partial charge < -0.3 is 20.1 Å². The summed E-state index contributed by atoms with van der Waals surface area (Å²) >= 11 is 0. The van der Waals surface area contributed by atoms with Gasteiger partial charge in [0.15, 0.2) is 0 Å². The molecule has 3 atom stereocenters. The van der Waals surface area contributed by atoms with Gasteiger partial charge in [-0.1, -0.05) is 25.1 Å². The number of aromatic nitrogens is 1. The van der Waals surface area contributed by atoms with Gasteiger partial charge in [0.1, 0.15) is 17.6 Å². The summed E-state index contributed by atoms with van der Waals surface area (Å²) in [6, 6.07) is 11.2. The second kappa shape index (κ2) is 10.6. The van der Waals surface area contributed by atoms with E-state index in [0.717, 1.165) is 31.7 Å². The molecule has 1 aliphatic heterocycles. The van der Waals surface area contributed by atoms with Crippen molar-refractivity contribution >= 4 is 0 Å². The number of rotatable bonds is 4. The van der Waals surface area contributed by atoms with E-state index >= 15 is 0 Å². The molecule has 2 heterocycles. The Labute approximate surface area is 173 Å². The van der Waals surface area contributed by atoms with E-state index in [2.05, 4.69) is 16.8 Å². The molecule has 1 aliphatic carbocycles. The second-order valence-corrected chi connectivity index (χ2v) is 7.84. The summed E-state index contributed by atoms with van der Waals surface area (Å²) in [6.45, 7) is 4.54. The van der Waals surface area contributed by atoms with Crippen LogP contribution in [0.4, 0.5) is 0 Å². The molecule has 1 aromatic carbocycles. The van der Waals surface area contributed by atoms with E-state index in [1.54, 1.807) is 19.2 Å². The van der Waals surface area contributed by atoms with E-state index in [1.807, 2.05) is 24.3 Å². The Kier molecular flexibility index (Phi) is 8.44. The Morgan fingerprint density at radius 3 is 2.24 bits per heavy atom. The van der Waals surface area contributed by atoms with Gasteiger partial charge in [0.05, 0.1) is 25.1 Å². The number of nitrogens with zero attached hydrogens (tertiary/aromatic N) is 2. The Bertz CT molecular complexity index is 722. The van der Waals surface area contributed by atoms with Gasteiger partial charge in [0, 0.05) is 19.6 Å². The standard InChI is InChI=1S/C14H20N2O3.C8H10O.CH4/c17-11-1-2-13(15-5-11)14(19)8-16-6-9-3-12(18)4-10(9)7-16;1-7-3-5-8(9-2)6-4-7;/h1-2,5,9-10,12,14,17-19H,3-4,6-8H2;3-6H,1-2H3;1H4. The topological polar surface area (TPSA) is 86.0 Å². The van der Waals surface area contributed by atoms with Crippen molar-refractivity contribution < 1.29 is 20.1 Å². The zero-order valence-electron chi connectivity index (χ0n) is 16.5. The van der Waals surface area contributed by atoms with E-state index in [1.165, 1.54) is 11.8 Å². The minimum atomic E-state index is -0.621. The molecule has 0 spiro atoms. The quantitative estimate of drug-likeness (QED) is 0.728. The summed E-state index contributed by atoms with van der Waals surface area (Å²) in [6.07, 6.45) is 2.40. The third-order valence-corrected chi connectivity index (χ3v) is 5.60. The smallest absolute Gasteiger partial charge is 0.133 e. The molecule has 29 heavy (non-hydrogen) atoms. The third kappa shape index (κ3) is 6.42. The van der Waals surface area contributed by atoms with Crippen molar-refractivity contribution in [3.63, 3.8) is 0 Å². The van der Waals surface area contributed by atoms with Gasteiger partial charge in [-0.2, -0.15) is 0 Å². The summed E-state index contributed by atoms with van der Waals surface area (Å²) in [5, 5.41) is 28.9. The van der Waals surface area contributed by atoms with Gasteiger partial charge >= 0.3 is 0 Å². The maximum Gasteiger partial charge on any atom is 0.133 e. The summed E-state index contributed by atoms with van der Waals surface area (Å²) in [5.74, 6) is 2.19. The lowest BCUT2D eigenvalue weighted by Gasteiger charge is -2.21. The number of aryl methyl sites for hydroxylation is 1. The van der Waals surface area contributed by atoms with E-state index in [0.29, 0.717) is 24.1 Å². The Balaban J connectivity index is 0.000000255. The van der Waals surface area contributed by atoms with E-state index in [-0.39, 0.29) is 19.3 Å². The van der Waals surface area contributed by atoms with Crippen LogP contribution >= 0.6 is 0 Å². The number of aromatic hydroxyl groups is 1. The van der Waals surface area contributed by atoms with Crippen LogP contribution in [-0.2, 0) is 0 Å². The van der Waals surface area contributed by atoms with Crippen molar-refractivity contribution in [1.82, 2.24) is 9.88 Å². The first-order valence-electron chi connectivity index (χ1n) is 9.78. The number of hydrogen-bond acceptors (Lipinski definition) is 6. The molecular formula is C23H34N2O4. The number of β-amino-alcohol motifs (C(OH)–C–C–N with tert-alkyl or cyclic N) is 1. The highest BCUT2D eigenvalue weighted by atomic mass is 16.5. The molecule has 4 rings (SSSR count). The average Bonchev–Trinajstić information content (AvgIpc) is 3.20. The van der Waals surface area contributed by atoms with E-state index < -0.39 is 6.10 Å². The number of methoxy groups -OCH3 is 1. The van der Waals surface area contributed by atoms with Crippen LogP contribution in [0.1, 0.15) is 37.6 Å². The zero-order chi connectivity index (χ0) is 20.1. The first kappa shape index (κ1) is 23.1. The molecule has 2 fully saturated rings. The molecule has 0 radical (unpaired) electrons. The molecule has 2 aliphatic rings. The summed E-state index contributed by atoms with van der Waals surface area (Å²) in [5.41, 5.74) is 1.85. The molecule has 160 valence electrons. The lowest BCUT2D eigenvalue weighted by atomic mass is 10.0. The molecule has 6 heteroatoms. The van der Waals surface area contributed by atoms with Crippen molar-refractivity contribution in [3.05, 3.63) is 53.9 Å². The molecule has 0 bridgehead atoms. The van der Waals surface area contributed by atoms with Crippen LogP contribution in [0.2, 0.25) is 0 Å². The predicted molar refractivity (Wildman–Crippen MR) is 114 cm³/mol. The van der Waals surface area contributed by atoms with Crippen LogP contribution in [0.25, 0.3) is 0 Å². The van der Waals surface area contributed by atoms with Crippen molar-refractivity contribution in [3.8, 4) is 11.5 Å². The fourth-order valence-corrected chi connectivity index (χ4v) is 4.12. The van der Waals surface area contributed by atoms with Gasteiger partial charge in [-0.3, -0.25) is 9.88 Å². The molecule has 0 amide bonds. The summed E-state index contributed by atoms with van der Waals surface area (Å²) in [7, 11) is 1.67. The van der Waals surface area contributed by atoms with Gasteiger partial charge in [-0.05, 0) is 55.9 Å². The normalized spacial score (nSPS) is 24.1. The van der Waals surface area contributed by atoms with Crippen LogP contribution in [0.5, 0.6) is 11.5 Å². The fourth-order valence-electron chi connectivity index (χ4n) is 4.12. The SMILES string of the molecule is C.COc1ccc(C)cc1.Oc1ccc(C(O)CN2CC3CC(O)CC3C2)nc1. The summed E-state index contributed by atoms with van der Waals surface area (Å²) < 4.78 is 4.97. The molecular weight excluding hydrogens is 368 g/mol. The Morgan fingerprint density at radius 1 is 1.10 bits per heavy atom. The van der Waals surface area contributed by atoms with Crippen molar-refractivity contribution in [2.75, 3.05) is 26.7 Å². The highest BCUT2D eigenvalue weighted by molar-refractivity contribution is 5.26. The first-order valence-corrected chi connectivity index (χ1v) is 9.78. The molecule has 1 saturated carbocycles. The maximum atomic E-state index is 10.2. The van der Waals surface area contributed by atoms with Gasteiger partial charge in [-0.25, -0.2) is 0 Å². The zero-order valence-corrected chi connectivity index (χ0v) is 16.5. The molecule has 2 aromatic rings. The second-order valence-electron chi connectivity index (χ2n) is 7.84.